The van der Waals surface area contributed by atoms with Crippen molar-refractivity contribution in [1.29, 1.82) is 0 Å². The number of hydrogen-bond donors (Lipinski definition) is 4. The van der Waals surface area contributed by atoms with Crippen molar-refractivity contribution in [2.24, 2.45) is 0 Å². The molecule has 1 aromatic carbocycles. The van der Waals surface area contributed by atoms with E-state index in [0.717, 1.165) is 0 Å². The summed E-state index contributed by atoms with van der Waals surface area (Å²) >= 11 is 0. The normalized spacial score (nSPS) is 31.1. The Morgan fingerprint density at radius 3 is 2.74 bits per heavy atom. The van der Waals surface area contributed by atoms with Crippen molar-refractivity contribution in [3.63, 3.8) is 0 Å². The lowest BCUT2D eigenvalue weighted by molar-refractivity contribution is -0.179. The average molecular weight is 268 g/mol. The van der Waals surface area contributed by atoms with E-state index in [9.17, 15) is 15.0 Å². The van der Waals surface area contributed by atoms with Gasteiger partial charge in [-0.2, -0.15) is 0 Å². The molecule has 104 valence electrons. The van der Waals surface area contributed by atoms with Crippen molar-refractivity contribution < 1.29 is 30.0 Å². The van der Waals surface area contributed by atoms with E-state index in [1.165, 1.54) is 12.1 Å². The molecule has 0 spiro atoms. The fraction of sp³-hybridized carbons (Fsp3) is 0.462. The van der Waals surface area contributed by atoms with E-state index >= 15 is 0 Å². The summed E-state index contributed by atoms with van der Waals surface area (Å²) in [6, 6.07) is 5.99. The molecule has 4 N–H and O–H groups in total. The first-order valence-corrected chi connectivity index (χ1v) is 5.98. The topological polar surface area (TPSA) is 107 Å². The summed E-state index contributed by atoms with van der Waals surface area (Å²) in [5, 5.41) is 37.7. The lowest BCUT2D eigenvalue weighted by Crippen LogP contribution is -2.44. The molecule has 4 atom stereocenters. The van der Waals surface area contributed by atoms with Gasteiger partial charge in [-0.15, -0.1) is 0 Å². The van der Waals surface area contributed by atoms with Crippen molar-refractivity contribution >= 4 is 5.97 Å². The number of aliphatic hydroxyl groups is 3. The van der Waals surface area contributed by atoms with Crippen LogP contribution >= 0.6 is 0 Å². The van der Waals surface area contributed by atoms with E-state index in [0.29, 0.717) is 5.56 Å². The fourth-order valence-electron chi connectivity index (χ4n) is 2.20. The minimum absolute atomic E-state index is 0.0777. The van der Waals surface area contributed by atoms with Gasteiger partial charge in [-0.25, -0.2) is 4.79 Å². The van der Waals surface area contributed by atoms with Crippen LogP contribution in [0.2, 0.25) is 0 Å². The number of carboxylic acid groups (broad SMARTS) is 1. The maximum atomic E-state index is 10.9. The average Bonchev–Trinajstić information content (AvgIpc) is 2.41. The van der Waals surface area contributed by atoms with E-state index < -0.39 is 30.4 Å². The van der Waals surface area contributed by atoms with Crippen molar-refractivity contribution in [1.82, 2.24) is 0 Å². The predicted octanol–water partition coefficient (Wildman–Crippen LogP) is -0.0711. The molecule has 0 unspecified atom stereocenters. The number of hydrogen-bond acceptors (Lipinski definition) is 5. The molecular formula is C13H16O6. The number of aromatic carboxylic acids is 1. The summed E-state index contributed by atoms with van der Waals surface area (Å²) in [7, 11) is 0. The number of carbonyl (C=O) groups is 1. The Hall–Kier alpha value is -1.47. The molecule has 0 bridgehead atoms. The molecule has 1 aliphatic heterocycles. The SMILES string of the molecule is O=C(O)c1cccc([C@H]2O[C@H](CO)C[C@H](O)[C@@H]2O)c1. The zero-order valence-corrected chi connectivity index (χ0v) is 10.1. The number of benzene rings is 1. The van der Waals surface area contributed by atoms with Crippen molar-refractivity contribution in [3.05, 3.63) is 35.4 Å². The van der Waals surface area contributed by atoms with Crippen molar-refractivity contribution in [3.8, 4) is 0 Å². The lowest BCUT2D eigenvalue weighted by Gasteiger charge is -2.36. The molecule has 1 aromatic rings. The van der Waals surface area contributed by atoms with Crippen molar-refractivity contribution in [2.75, 3.05) is 6.61 Å². The third kappa shape index (κ3) is 2.93. The van der Waals surface area contributed by atoms with E-state index in [2.05, 4.69) is 0 Å². The fourth-order valence-corrected chi connectivity index (χ4v) is 2.20. The molecule has 1 fully saturated rings. The zero-order valence-electron chi connectivity index (χ0n) is 10.1. The Balaban J connectivity index is 2.28. The van der Waals surface area contributed by atoms with Gasteiger partial charge in [-0.3, -0.25) is 0 Å². The molecule has 1 heterocycles. The molecule has 0 radical (unpaired) electrons. The molecule has 1 aliphatic rings. The minimum atomic E-state index is -1.15. The van der Waals surface area contributed by atoms with Gasteiger partial charge in [0, 0.05) is 6.42 Å². The molecule has 6 heteroatoms. The van der Waals surface area contributed by atoms with E-state index in [1.54, 1.807) is 12.1 Å². The first-order chi connectivity index (χ1) is 9.02. The van der Waals surface area contributed by atoms with Crippen LogP contribution in [-0.2, 0) is 4.74 Å². The third-order valence-electron chi connectivity index (χ3n) is 3.21. The Morgan fingerprint density at radius 1 is 1.37 bits per heavy atom. The molecule has 0 aromatic heterocycles. The highest BCUT2D eigenvalue weighted by Gasteiger charge is 2.37. The van der Waals surface area contributed by atoms with Crippen LogP contribution in [0.3, 0.4) is 0 Å². The number of rotatable bonds is 3. The number of aliphatic hydroxyl groups excluding tert-OH is 3. The van der Waals surface area contributed by atoms with Crippen LogP contribution in [-0.4, -0.2) is 51.3 Å². The van der Waals surface area contributed by atoms with Gasteiger partial charge >= 0.3 is 5.97 Å². The van der Waals surface area contributed by atoms with Gasteiger partial charge in [0.1, 0.15) is 12.2 Å². The molecule has 0 saturated carbocycles. The number of carboxylic acids is 1. The van der Waals surface area contributed by atoms with Crippen LogP contribution in [0.25, 0.3) is 0 Å². The summed E-state index contributed by atoms with van der Waals surface area (Å²) in [6.45, 7) is -0.265. The summed E-state index contributed by atoms with van der Waals surface area (Å²) in [5.41, 5.74) is 0.540. The monoisotopic (exact) mass is 268 g/mol. The van der Waals surface area contributed by atoms with Crippen molar-refractivity contribution in [2.45, 2.75) is 30.8 Å². The largest absolute Gasteiger partial charge is 0.478 e. The molecule has 19 heavy (non-hydrogen) atoms. The standard InChI is InChI=1S/C13H16O6/c14-6-9-5-10(15)11(16)12(19-9)7-2-1-3-8(4-7)13(17)18/h1-4,9-12,14-16H,5-6H2,(H,17,18)/t9-,10-,11-,12+/m0/s1. The van der Waals surface area contributed by atoms with Crippen LogP contribution in [0.15, 0.2) is 24.3 Å². The van der Waals surface area contributed by atoms with Gasteiger partial charge in [0.05, 0.1) is 24.4 Å². The summed E-state index contributed by atoms with van der Waals surface area (Å²) in [6.07, 6.45) is -3.43. The molecule has 1 saturated heterocycles. The predicted molar refractivity (Wildman–Crippen MR) is 64.7 cm³/mol. The zero-order chi connectivity index (χ0) is 14.0. The van der Waals surface area contributed by atoms with Gasteiger partial charge in [-0.05, 0) is 17.7 Å². The highest BCUT2D eigenvalue weighted by atomic mass is 16.5. The maximum absolute atomic E-state index is 10.9. The summed E-state index contributed by atoms with van der Waals surface area (Å²) in [5.74, 6) is -1.08. The van der Waals surface area contributed by atoms with Crippen LogP contribution in [0.4, 0.5) is 0 Å². The van der Waals surface area contributed by atoms with Gasteiger partial charge in [0.2, 0.25) is 0 Å². The summed E-state index contributed by atoms with van der Waals surface area (Å²) < 4.78 is 5.49. The lowest BCUT2D eigenvalue weighted by atomic mass is 9.92. The Labute approximate surface area is 109 Å². The summed E-state index contributed by atoms with van der Waals surface area (Å²) in [4.78, 5) is 10.9. The second kappa shape index (κ2) is 5.66. The molecule has 0 amide bonds. The van der Waals surface area contributed by atoms with E-state index in [-0.39, 0.29) is 18.6 Å². The Kier molecular flexibility index (Phi) is 4.16. The Bertz CT molecular complexity index is 460. The third-order valence-corrected chi connectivity index (χ3v) is 3.21. The Morgan fingerprint density at radius 2 is 2.11 bits per heavy atom. The first kappa shape index (κ1) is 14.0. The first-order valence-electron chi connectivity index (χ1n) is 5.98. The smallest absolute Gasteiger partial charge is 0.335 e. The van der Waals surface area contributed by atoms with Crippen LogP contribution < -0.4 is 0 Å². The van der Waals surface area contributed by atoms with Gasteiger partial charge < -0.3 is 25.2 Å². The van der Waals surface area contributed by atoms with Crippen LogP contribution in [0, 0.1) is 0 Å². The van der Waals surface area contributed by atoms with E-state index in [4.69, 9.17) is 14.9 Å². The maximum Gasteiger partial charge on any atom is 0.335 e. The molecule has 6 nitrogen and oxygen atoms in total. The van der Waals surface area contributed by atoms with E-state index in [1.807, 2.05) is 0 Å². The van der Waals surface area contributed by atoms with Gasteiger partial charge in [0.25, 0.3) is 0 Å². The molecular weight excluding hydrogens is 252 g/mol. The highest BCUT2D eigenvalue weighted by Crippen LogP contribution is 2.32. The molecule has 0 aliphatic carbocycles. The second-order valence-corrected chi connectivity index (χ2v) is 4.59. The quantitative estimate of drug-likeness (QED) is 0.611. The molecule has 2 rings (SSSR count). The van der Waals surface area contributed by atoms with Gasteiger partial charge in [0.15, 0.2) is 0 Å². The second-order valence-electron chi connectivity index (χ2n) is 4.59. The van der Waals surface area contributed by atoms with Crippen LogP contribution in [0.5, 0.6) is 0 Å². The number of ether oxygens (including phenoxy) is 1. The van der Waals surface area contributed by atoms with Crippen LogP contribution in [0.1, 0.15) is 28.4 Å². The highest BCUT2D eigenvalue weighted by molar-refractivity contribution is 5.87. The minimum Gasteiger partial charge on any atom is -0.478 e. The van der Waals surface area contributed by atoms with Gasteiger partial charge in [-0.1, -0.05) is 12.1 Å².